The first-order valence-electron chi connectivity index (χ1n) is 5.33. The molecule has 0 spiro atoms. The molecule has 0 saturated heterocycles. The molecule has 2 rings (SSSR count). The minimum Gasteiger partial charge on any atom is -0.159 e. The highest BCUT2D eigenvalue weighted by molar-refractivity contribution is 6.02. The zero-order valence-corrected chi connectivity index (χ0v) is 8.29. The van der Waals surface area contributed by atoms with E-state index in [4.69, 9.17) is 0 Å². The van der Waals surface area contributed by atoms with Crippen LogP contribution < -0.4 is 5.43 Å². The number of rotatable bonds is 1. The SMILES string of the molecule is CC1=C[N]N=C1C1CCCCCC1. The van der Waals surface area contributed by atoms with Crippen LogP contribution in [0, 0.1) is 5.92 Å². The second-order valence-corrected chi connectivity index (χ2v) is 4.10. The first-order valence-corrected chi connectivity index (χ1v) is 5.33. The Morgan fingerprint density at radius 3 is 2.38 bits per heavy atom. The number of nitrogens with zero attached hydrogens (tertiary/aromatic N) is 2. The monoisotopic (exact) mass is 177 g/mol. The largest absolute Gasteiger partial charge is 0.159 e. The molecule has 2 nitrogen and oxygen atoms in total. The third kappa shape index (κ3) is 1.93. The van der Waals surface area contributed by atoms with Crippen molar-refractivity contribution in [1.29, 1.82) is 0 Å². The maximum absolute atomic E-state index is 4.23. The van der Waals surface area contributed by atoms with Crippen molar-refractivity contribution in [3.05, 3.63) is 11.8 Å². The van der Waals surface area contributed by atoms with Crippen molar-refractivity contribution < 1.29 is 0 Å². The van der Waals surface area contributed by atoms with Crippen LogP contribution in [0.25, 0.3) is 0 Å². The molecule has 0 bridgehead atoms. The van der Waals surface area contributed by atoms with Gasteiger partial charge in [0.05, 0.1) is 11.9 Å². The Morgan fingerprint density at radius 1 is 1.15 bits per heavy atom. The predicted octanol–water partition coefficient (Wildman–Crippen LogP) is 2.83. The van der Waals surface area contributed by atoms with Crippen molar-refractivity contribution >= 4 is 5.71 Å². The van der Waals surface area contributed by atoms with Crippen LogP contribution in [-0.4, -0.2) is 5.71 Å². The van der Waals surface area contributed by atoms with E-state index in [1.165, 1.54) is 49.8 Å². The van der Waals surface area contributed by atoms with Gasteiger partial charge in [-0.05, 0) is 25.3 Å². The molecule has 2 heteroatoms. The Bertz CT molecular complexity index is 232. The van der Waals surface area contributed by atoms with Gasteiger partial charge in [0.15, 0.2) is 0 Å². The number of hydrogen-bond donors (Lipinski definition) is 0. The van der Waals surface area contributed by atoms with E-state index in [1.807, 2.05) is 6.20 Å². The van der Waals surface area contributed by atoms with E-state index in [0.717, 1.165) is 0 Å². The van der Waals surface area contributed by atoms with Crippen molar-refractivity contribution in [2.45, 2.75) is 45.4 Å². The maximum atomic E-state index is 4.23. The van der Waals surface area contributed by atoms with Crippen molar-refractivity contribution in [2.75, 3.05) is 0 Å². The van der Waals surface area contributed by atoms with Gasteiger partial charge in [-0.3, -0.25) is 0 Å². The smallest absolute Gasteiger partial charge is 0.0706 e. The van der Waals surface area contributed by atoms with Crippen LogP contribution in [-0.2, 0) is 0 Å². The van der Waals surface area contributed by atoms with Crippen LogP contribution in [0.15, 0.2) is 16.9 Å². The fraction of sp³-hybridized carbons (Fsp3) is 0.727. The zero-order valence-electron chi connectivity index (χ0n) is 8.29. The molecule has 2 aliphatic rings. The molecule has 71 valence electrons. The Kier molecular flexibility index (Phi) is 2.67. The molecule has 0 amide bonds. The van der Waals surface area contributed by atoms with Crippen LogP contribution >= 0.6 is 0 Å². The number of hydrogen-bond acceptors (Lipinski definition) is 1. The molecular formula is C11H17N2. The van der Waals surface area contributed by atoms with Crippen LogP contribution in [0.1, 0.15) is 45.4 Å². The van der Waals surface area contributed by atoms with E-state index in [1.54, 1.807) is 0 Å². The molecule has 1 aliphatic heterocycles. The van der Waals surface area contributed by atoms with E-state index in [9.17, 15) is 0 Å². The summed E-state index contributed by atoms with van der Waals surface area (Å²) < 4.78 is 0. The molecule has 0 unspecified atom stereocenters. The van der Waals surface area contributed by atoms with Crippen LogP contribution in [0.2, 0.25) is 0 Å². The lowest BCUT2D eigenvalue weighted by Gasteiger charge is -2.13. The lowest BCUT2D eigenvalue weighted by molar-refractivity contribution is 0.590. The van der Waals surface area contributed by atoms with Crippen molar-refractivity contribution in [3.63, 3.8) is 0 Å². The standard InChI is InChI=1S/C11H17N2/c1-9-8-12-13-11(9)10-6-4-2-3-5-7-10/h8,10H,2-7H2,1H3. The topological polar surface area (TPSA) is 26.5 Å². The van der Waals surface area contributed by atoms with Gasteiger partial charge in [0, 0.05) is 5.92 Å². The summed E-state index contributed by atoms with van der Waals surface area (Å²) in [4.78, 5) is 0. The molecule has 0 aromatic heterocycles. The zero-order chi connectivity index (χ0) is 9.10. The Balaban J connectivity index is 2.02. The van der Waals surface area contributed by atoms with Gasteiger partial charge in [0.25, 0.3) is 0 Å². The molecule has 1 radical (unpaired) electrons. The molecule has 0 aromatic carbocycles. The molecule has 1 saturated carbocycles. The molecule has 0 aromatic rings. The van der Waals surface area contributed by atoms with E-state index in [2.05, 4.69) is 17.5 Å². The predicted molar refractivity (Wildman–Crippen MR) is 54.5 cm³/mol. The third-order valence-electron chi connectivity index (χ3n) is 3.06. The molecule has 1 fully saturated rings. The molecule has 1 aliphatic carbocycles. The summed E-state index contributed by atoms with van der Waals surface area (Å²) in [5, 5.41) is 4.23. The van der Waals surface area contributed by atoms with Gasteiger partial charge in [0.2, 0.25) is 0 Å². The average Bonchev–Trinajstić information content (AvgIpc) is 2.43. The first kappa shape index (κ1) is 8.79. The summed E-state index contributed by atoms with van der Waals surface area (Å²) in [6, 6.07) is 0. The fourth-order valence-corrected chi connectivity index (χ4v) is 2.28. The van der Waals surface area contributed by atoms with Crippen molar-refractivity contribution in [2.24, 2.45) is 11.0 Å². The Morgan fingerprint density at radius 2 is 1.85 bits per heavy atom. The Labute approximate surface area is 80.1 Å². The Hall–Kier alpha value is -0.790. The minimum absolute atomic E-state index is 0.699. The van der Waals surface area contributed by atoms with Gasteiger partial charge in [-0.25, -0.2) is 0 Å². The van der Waals surface area contributed by atoms with Crippen LogP contribution in [0.5, 0.6) is 0 Å². The highest BCUT2D eigenvalue weighted by atomic mass is 15.3. The average molecular weight is 177 g/mol. The molecule has 0 N–H and O–H groups in total. The van der Waals surface area contributed by atoms with Gasteiger partial charge in [-0.15, -0.1) is 0 Å². The van der Waals surface area contributed by atoms with Gasteiger partial charge < -0.3 is 0 Å². The van der Waals surface area contributed by atoms with Crippen LogP contribution in [0.4, 0.5) is 0 Å². The highest BCUT2D eigenvalue weighted by Gasteiger charge is 2.21. The molecule has 1 heterocycles. The normalized spacial score (nSPS) is 24.7. The van der Waals surface area contributed by atoms with E-state index in [-0.39, 0.29) is 0 Å². The molecule has 13 heavy (non-hydrogen) atoms. The van der Waals surface area contributed by atoms with Gasteiger partial charge >= 0.3 is 0 Å². The summed E-state index contributed by atoms with van der Waals surface area (Å²) >= 11 is 0. The number of allylic oxidation sites excluding steroid dienone is 1. The van der Waals surface area contributed by atoms with Crippen LogP contribution in [0.3, 0.4) is 0 Å². The molecule has 0 atom stereocenters. The van der Waals surface area contributed by atoms with Crippen molar-refractivity contribution in [3.8, 4) is 0 Å². The molecular weight excluding hydrogens is 160 g/mol. The van der Waals surface area contributed by atoms with Gasteiger partial charge in [-0.1, -0.05) is 25.7 Å². The quantitative estimate of drug-likeness (QED) is 0.551. The first-order chi connectivity index (χ1) is 6.38. The lowest BCUT2D eigenvalue weighted by Crippen LogP contribution is -2.13. The fourth-order valence-electron chi connectivity index (χ4n) is 2.28. The second-order valence-electron chi connectivity index (χ2n) is 4.10. The van der Waals surface area contributed by atoms with Gasteiger partial charge in [-0.2, -0.15) is 10.5 Å². The van der Waals surface area contributed by atoms with Crippen molar-refractivity contribution in [1.82, 2.24) is 5.43 Å². The van der Waals surface area contributed by atoms with Gasteiger partial charge in [0.1, 0.15) is 0 Å². The second kappa shape index (κ2) is 3.95. The minimum atomic E-state index is 0.699. The van der Waals surface area contributed by atoms with E-state index in [0.29, 0.717) is 5.92 Å². The summed E-state index contributed by atoms with van der Waals surface area (Å²) in [6.45, 7) is 2.13. The summed E-state index contributed by atoms with van der Waals surface area (Å²) in [6.07, 6.45) is 10.1. The van der Waals surface area contributed by atoms with E-state index < -0.39 is 0 Å². The van der Waals surface area contributed by atoms with E-state index >= 15 is 0 Å². The summed E-state index contributed by atoms with van der Waals surface area (Å²) in [5.41, 5.74) is 6.53. The summed E-state index contributed by atoms with van der Waals surface area (Å²) in [5.74, 6) is 0.699. The highest BCUT2D eigenvalue weighted by Crippen LogP contribution is 2.27. The lowest BCUT2D eigenvalue weighted by atomic mass is 9.91. The summed E-state index contributed by atoms with van der Waals surface area (Å²) in [7, 11) is 0. The third-order valence-corrected chi connectivity index (χ3v) is 3.06. The maximum Gasteiger partial charge on any atom is 0.0706 e.